The minimum atomic E-state index is 0.511. The van der Waals surface area contributed by atoms with E-state index < -0.39 is 0 Å². The highest BCUT2D eigenvalue weighted by Gasteiger charge is 2.01. The molecule has 0 N–H and O–H groups in total. The molecule has 0 fully saturated rings. The SMILES string of the molecule is COc1cc(C#N)cc(OCCCCC#N)c1. The number of rotatable bonds is 6. The Kier molecular flexibility index (Phi) is 5.40. The highest BCUT2D eigenvalue weighted by atomic mass is 16.5. The molecule has 0 atom stereocenters. The van der Waals surface area contributed by atoms with E-state index in [1.165, 1.54) is 0 Å². The average molecular weight is 230 g/mol. The van der Waals surface area contributed by atoms with Crippen molar-refractivity contribution >= 4 is 0 Å². The van der Waals surface area contributed by atoms with E-state index in [0.29, 0.717) is 30.1 Å². The molecule has 0 heterocycles. The van der Waals surface area contributed by atoms with Crippen LogP contribution in [-0.2, 0) is 0 Å². The van der Waals surface area contributed by atoms with Gasteiger partial charge in [0.05, 0.1) is 31.4 Å². The monoisotopic (exact) mass is 230 g/mol. The minimum absolute atomic E-state index is 0.511. The molecular weight excluding hydrogens is 216 g/mol. The van der Waals surface area contributed by atoms with Gasteiger partial charge in [0.25, 0.3) is 0 Å². The summed E-state index contributed by atoms with van der Waals surface area (Å²) in [6.07, 6.45) is 2.20. The summed E-state index contributed by atoms with van der Waals surface area (Å²) >= 11 is 0. The van der Waals surface area contributed by atoms with Gasteiger partial charge in [-0.2, -0.15) is 10.5 Å². The number of unbranched alkanes of at least 4 members (excludes halogenated alkanes) is 2. The van der Waals surface area contributed by atoms with Crippen LogP contribution in [-0.4, -0.2) is 13.7 Å². The Morgan fingerprint density at radius 2 is 1.88 bits per heavy atom. The fourth-order valence-electron chi connectivity index (χ4n) is 1.33. The predicted octanol–water partition coefficient (Wildman–Crippen LogP) is 2.64. The summed E-state index contributed by atoms with van der Waals surface area (Å²) in [5.41, 5.74) is 0.511. The zero-order valence-electron chi connectivity index (χ0n) is 9.77. The molecule has 0 radical (unpaired) electrons. The number of hydrogen-bond acceptors (Lipinski definition) is 4. The van der Waals surface area contributed by atoms with E-state index in [2.05, 4.69) is 6.07 Å². The first-order valence-corrected chi connectivity index (χ1v) is 5.39. The first kappa shape index (κ1) is 12.9. The molecule has 0 aromatic heterocycles. The van der Waals surface area contributed by atoms with E-state index >= 15 is 0 Å². The van der Waals surface area contributed by atoms with Crippen molar-refractivity contribution in [2.45, 2.75) is 19.3 Å². The highest BCUT2D eigenvalue weighted by Crippen LogP contribution is 2.22. The van der Waals surface area contributed by atoms with Gasteiger partial charge >= 0.3 is 0 Å². The van der Waals surface area contributed by atoms with Crippen LogP contribution in [0.1, 0.15) is 24.8 Å². The number of nitrogens with zero attached hydrogens (tertiary/aromatic N) is 2. The summed E-state index contributed by atoms with van der Waals surface area (Å²) in [6, 6.07) is 9.20. The Morgan fingerprint density at radius 3 is 2.53 bits per heavy atom. The summed E-state index contributed by atoms with van der Waals surface area (Å²) < 4.78 is 10.6. The molecule has 4 heteroatoms. The molecule has 0 aliphatic heterocycles. The molecule has 88 valence electrons. The van der Waals surface area contributed by atoms with Gasteiger partial charge in [-0.25, -0.2) is 0 Å². The third-order valence-corrected chi connectivity index (χ3v) is 2.20. The van der Waals surface area contributed by atoms with E-state index in [0.717, 1.165) is 12.8 Å². The van der Waals surface area contributed by atoms with Crippen LogP contribution < -0.4 is 9.47 Å². The topological polar surface area (TPSA) is 66.0 Å². The number of ether oxygens (including phenoxy) is 2. The Bertz CT molecular complexity index is 444. The molecule has 0 amide bonds. The normalized spacial score (nSPS) is 9.12. The van der Waals surface area contributed by atoms with Gasteiger partial charge in [0, 0.05) is 12.5 Å². The molecule has 0 unspecified atom stereocenters. The van der Waals surface area contributed by atoms with Crippen molar-refractivity contribution in [3.8, 4) is 23.6 Å². The molecule has 1 aromatic carbocycles. The lowest BCUT2D eigenvalue weighted by atomic mass is 10.2. The predicted molar refractivity (Wildman–Crippen MR) is 62.7 cm³/mol. The zero-order valence-corrected chi connectivity index (χ0v) is 9.77. The zero-order chi connectivity index (χ0) is 12.5. The smallest absolute Gasteiger partial charge is 0.124 e. The van der Waals surface area contributed by atoms with E-state index in [-0.39, 0.29) is 0 Å². The number of nitriles is 2. The quantitative estimate of drug-likeness (QED) is 0.704. The Hall–Kier alpha value is -2.20. The van der Waals surface area contributed by atoms with Gasteiger partial charge < -0.3 is 9.47 Å². The van der Waals surface area contributed by atoms with Crippen molar-refractivity contribution in [3.63, 3.8) is 0 Å². The summed E-state index contributed by atoms with van der Waals surface area (Å²) in [7, 11) is 1.55. The lowest BCUT2D eigenvalue weighted by Crippen LogP contribution is -1.98. The molecule has 0 aliphatic rings. The first-order chi connectivity index (χ1) is 8.30. The first-order valence-electron chi connectivity index (χ1n) is 5.39. The van der Waals surface area contributed by atoms with E-state index in [1.54, 1.807) is 25.3 Å². The van der Waals surface area contributed by atoms with Crippen molar-refractivity contribution in [2.75, 3.05) is 13.7 Å². The van der Waals surface area contributed by atoms with Crippen molar-refractivity contribution < 1.29 is 9.47 Å². The van der Waals surface area contributed by atoms with Gasteiger partial charge in [0.2, 0.25) is 0 Å². The maximum Gasteiger partial charge on any atom is 0.124 e. The Labute approximate surface area is 101 Å². The molecule has 0 bridgehead atoms. The van der Waals surface area contributed by atoms with Crippen molar-refractivity contribution in [3.05, 3.63) is 23.8 Å². The second-order valence-corrected chi connectivity index (χ2v) is 3.47. The molecule has 0 spiro atoms. The van der Waals surface area contributed by atoms with Crippen LogP contribution in [0.15, 0.2) is 18.2 Å². The van der Waals surface area contributed by atoms with Crippen LogP contribution in [0.25, 0.3) is 0 Å². The highest BCUT2D eigenvalue weighted by molar-refractivity contribution is 5.43. The Balaban J connectivity index is 2.53. The summed E-state index contributed by atoms with van der Waals surface area (Å²) in [6.45, 7) is 0.541. The standard InChI is InChI=1S/C13H14N2O2/c1-16-12-7-11(10-15)8-13(9-12)17-6-4-2-3-5-14/h7-9H,2-4,6H2,1H3. The van der Waals surface area contributed by atoms with Gasteiger partial charge in [0.1, 0.15) is 11.5 Å². The molecule has 0 saturated heterocycles. The summed E-state index contributed by atoms with van der Waals surface area (Å²) in [5.74, 6) is 1.23. The molecule has 1 aromatic rings. The van der Waals surface area contributed by atoms with Crippen LogP contribution in [0.5, 0.6) is 11.5 Å². The van der Waals surface area contributed by atoms with Gasteiger partial charge in [-0.1, -0.05) is 0 Å². The lowest BCUT2D eigenvalue weighted by molar-refractivity contribution is 0.305. The van der Waals surface area contributed by atoms with Gasteiger partial charge in [0.15, 0.2) is 0 Å². The van der Waals surface area contributed by atoms with E-state index in [9.17, 15) is 0 Å². The molecule has 0 saturated carbocycles. The second-order valence-electron chi connectivity index (χ2n) is 3.47. The Morgan fingerprint density at radius 1 is 1.12 bits per heavy atom. The molecule has 1 rings (SSSR count). The number of hydrogen-bond donors (Lipinski definition) is 0. The number of methoxy groups -OCH3 is 1. The van der Waals surface area contributed by atoms with Gasteiger partial charge in [-0.05, 0) is 25.0 Å². The maximum atomic E-state index is 8.83. The van der Waals surface area contributed by atoms with E-state index in [4.69, 9.17) is 20.0 Å². The van der Waals surface area contributed by atoms with Crippen LogP contribution >= 0.6 is 0 Å². The van der Waals surface area contributed by atoms with Crippen molar-refractivity contribution in [1.29, 1.82) is 10.5 Å². The summed E-state index contributed by atoms with van der Waals surface area (Å²) in [4.78, 5) is 0. The van der Waals surface area contributed by atoms with Crippen molar-refractivity contribution in [1.82, 2.24) is 0 Å². The van der Waals surface area contributed by atoms with E-state index in [1.807, 2.05) is 6.07 Å². The second kappa shape index (κ2) is 7.14. The molecule has 4 nitrogen and oxygen atoms in total. The molecule has 17 heavy (non-hydrogen) atoms. The van der Waals surface area contributed by atoms with Crippen LogP contribution in [0.4, 0.5) is 0 Å². The molecule has 0 aliphatic carbocycles. The maximum absolute atomic E-state index is 8.83. The average Bonchev–Trinajstić information content (AvgIpc) is 2.38. The minimum Gasteiger partial charge on any atom is -0.497 e. The summed E-state index contributed by atoms with van der Waals surface area (Å²) in [5, 5.41) is 17.2. The van der Waals surface area contributed by atoms with Crippen LogP contribution in [0, 0.1) is 22.7 Å². The molecular formula is C13H14N2O2. The van der Waals surface area contributed by atoms with Crippen LogP contribution in [0.2, 0.25) is 0 Å². The van der Waals surface area contributed by atoms with Crippen LogP contribution in [0.3, 0.4) is 0 Å². The fourth-order valence-corrected chi connectivity index (χ4v) is 1.33. The van der Waals surface area contributed by atoms with Crippen molar-refractivity contribution in [2.24, 2.45) is 0 Å². The van der Waals surface area contributed by atoms with Gasteiger partial charge in [-0.15, -0.1) is 0 Å². The lowest BCUT2D eigenvalue weighted by Gasteiger charge is -2.07. The third-order valence-electron chi connectivity index (χ3n) is 2.20. The fraction of sp³-hybridized carbons (Fsp3) is 0.385. The van der Waals surface area contributed by atoms with Gasteiger partial charge in [-0.3, -0.25) is 0 Å². The third kappa shape index (κ3) is 4.44. The largest absolute Gasteiger partial charge is 0.497 e. The number of benzene rings is 1.